The number of carbonyl (C=O) groups is 1. The molecule has 0 fully saturated rings. The molecule has 1 aromatic rings. The summed E-state index contributed by atoms with van der Waals surface area (Å²) in [5.74, 6) is 1.67. The highest BCUT2D eigenvalue weighted by atomic mass is 16.6. The van der Waals surface area contributed by atoms with E-state index in [2.05, 4.69) is 87.2 Å². The van der Waals surface area contributed by atoms with Gasteiger partial charge < -0.3 is 9.64 Å². The molecule has 6 nitrogen and oxygen atoms in total. The number of carbonyl (C=O) groups excluding carboxylic acids is 1. The number of allylic oxidation sites excluding steroid dienone is 2. The third-order valence-corrected chi connectivity index (χ3v) is 6.97. The number of amides is 1. The van der Waals surface area contributed by atoms with Gasteiger partial charge in [-0.05, 0) is 95.8 Å². The minimum atomic E-state index is -0.515. The second-order valence-corrected chi connectivity index (χ2v) is 12.0. The van der Waals surface area contributed by atoms with Crippen LogP contribution in [-0.4, -0.2) is 41.6 Å². The topological polar surface area (TPSA) is 66.3 Å². The first kappa shape index (κ1) is 33.4. The van der Waals surface area contributed by atoms with Gasteiger partial charge in [0.05, 0.1) is 0 Å². The van der Waals surface area contributed by atoms with Crippen LogP contribution in [0, 0.1) is 17.8 Å². The molecular weight excluding hydrogens is 472 g/mol. The van der Waals surface area contributed by atoms with Gasteiger partial charge in [0.2, 0.25) is 0 Å². The lowest BCUT2D eigenvalue weighted by molar-refractivity contribution is 0.0636. The summed E-state index contributed by atoms with van der Waals surface area (Å²) in [5.41, 5.74) is 5.05. The van der Waals surface area contributed by atoms with Crippen molar-refractivity contribution in [3.63, 3.8) is 0 Å². The van der Waals surface area contributed by atoms with Crippen LogP contribution in [0.5, 0.6) is 0 Å². The van der Waals surface area contributed by atoms with Crippen molar-refractivity contribution in [2.75, 3.05) is 18.9 Å². The maximum Gasteiger partial charge on any atom is 0.412 e. The molecule has 0 aliphatic rings. The summed E-state index contributed by atoms with van der Waals surface area (Å²) in [6, 6.07) is 8.08. The minimum Gasteiger partial charge on any atom is -0.444 e. The molecule has 1 N–H and O–H groups in total. The smallest absolute Gasteiger partial charge is 0.412 e. The zero-order valence-electron chi connectivity index (χ0n) is 26.2. The number of hydrogen-bond donors (Lipinski definition) is 1. The van der Waals surface area contributed by atoms with Crippen LogP contribution in [0.2, 0.25) is 0 Å². The number of anilines is 1. The lowest BCUT2D eigenvalue weighted by Crippen LogP contribution is -2.28. The lowest BCUT2D eigenvalue weighted by Gasteiger charge is -2.31. The zero-order chi connectivity index (χ0) is 29.0. The van der Waals surface area contributed by atoms with Crippen LogP contribution in [0.4, 0.5) is 10.5 Å². The molecule has 0 spiro atoms. The van der Waals surface area contributed by atoms with Gasteiger partial charge in [-0.2, -0.15) is 10.2 Å². The third-order valence-electron chi connectivity index (χ3n) is 6.97. The molecule has 3 unspecified atom stereocenters. The first-order valence-electron chi connectivity index (χ1n) is 14.2. The fourth-order valence-electron chi connectivity index (χ4n) is 4.58. The Hall–Kier alpha value is -2.63. The van der Waals surface area contributed by atoms with Crippen LogP contribution in [0.1, 0.15) is 107 Å². The van der Waals surface area contributed by atoms with Gasteiger partial charge in [0.15, 0.2) is 0 Å². The molecule has 0 aromatic heterocycles. The summed E-state index contributed by atoms with van der Waals surface area (Å²) < 4.78 is 5.34. The van der Waals surface area contributed by atoms with Gasteiger partial charge in [0, 0.05) is 36.4 Å². The van der Waals surface area contributed by atoms with Crippen molar-refractivity contribution < 1.29 is 9.53 Å². The highest BCUT2D eigenvalue weighted by Gasteiger charge is 2.25. The first-order chi connectivity index (χ1) is 17.7. The molecule has 3 atom stereocenters. The fraction of sp³-hybridized carbons (Fsp3) is 0.656. The number of hydrogen-bond acceptors (Lipinski definition) is 5. The van der Waals surface area contributed by atoms with Crippen molar-refractivity contribution in [3.8, 4) is 0 Å². The molecule has 214 valence electrons. The van der Waals surface area contributed by atoms with Gasteiger partial charge in [-0.15, -0.1) is 0 Å². The molecule has 1 rings (SSSR count). The van der Waals surface area contributed by atoms with Gasteiger partial charge >= 0.3 is 6.09 Å². The maximum absolute atomic E-state index is 12.0. The van der Waals surface area contributed by atoms with Gasteiger partial charge in [-0.25, -0.2) is 4.79 Å². The average Bonchev–Trinajstić information content (AvgIpc) is 2.81. The molecule has 6 heteroatoms. The second kappa shape index (κ2) is 15.7. The molecule has 0 saturated heterocycles. The Morgan fingerprint density at radius 3 is 2.16 bits per heavy atom. The standard InChI is InChI=1S/C32H54N4O2/c1-13-26(25(8)30(22(3)4)35-34-23(5)6)21-29(14-2)36(12)20-19-24(7)27-15-17-28(18-16-27)33-31(37)38-32(9,10)11/h14-18,22,24-26H,13,19-21H2,1-12H3,(H,33,37). The summed E-state index contributed by atoms with van der Waals surface area (Å²) in [6.45, 7) is 24.0. The van der Waals surface area contributed by atoms with E-state index in [0.29, 0.717) is 23.7 Å². The molecule has 1 aromatic carbocycles. The van der Waals surface area contributed by atoms with E-state index in [4.69, 9.17) is 4.74 Å². The van der Waals surface area contributed by atoms with Crippen LogP contribution in [0.3, 0.4) is 0 Å². The van der Waals surface area contributed by atoms with E-state index in [-0.39, 0.29) is 0 Å². The van der Waals surface area contributed by atoms with Crippen molar-refractivity contribution in [3.05, 3.63) is 41.6 Å². The van der Waals surface area contributed by atoms with Crippen LogP contribution in [-0.2, 0) is 4.74 Å². The minimum absolute atomic E-state index is 0.373. The van der Waals surface area contributed by atoms with E-state index in [1.54, 1.807) is 0 Å². The molecule has 0 bridgehead atoms. The van der Waals surface area contributed by atoms with Crippen LogP contribution >= 0.6 is 0 Å². The molecule has 0 radical (unpaired) electrons. The summed E-state index contributed by atoms with van der Waals surface area (Å²) in [4.78, 5) is 14.4. The average molecular weight is 527 g/mol. The van der Waals surface area contributed by atoms with Crippen LogP contribution < -0.4 is 5.32 Å². The fourth-order valence-corrected chi connectivity index (χ4v) is 4.58. The molecule has 0 aliphatic carbocycles. The Balaban J connectivity index is 2.77. The van der Waals surface area contributed by atoms with Crippen molar-refractivity contribution in [2.45, 2.75) is 107 Å². The molecular formula is C32H54N4O2. The zero-order valence-corrected chi connectivity index (χ0v) is 26.2. The molecule has 0 saturated carbocycles. The normalized spacial score (nSPS) is 15.1. The second-order valence-electron chi connectivity index (χ2n) is 12.0. The van der Waals surface area contributed by atoms with Crippen molar-refractivity contribution in [2.24, 2.45) is 28.0 Å². The molecule has 38 heavy (non-hydrogen) atoms. The van der Waals surface area contributed by atoms with E-state index < -0.39 is 11.7 Å². The molecule has 0 aliphatic heterocycles. The van der Waals surface area contributed by atoms with Crippen molar-refractivity contribution in [1.82, 2.24) is 4.90 Å². The predicted octanol–water partition coefficient (Wildman–Crippen LogP) is 8.91. The Bertz CT molecular complexity index is 951. The third kappa shape index (κ3) is 11.8. The van der Waals surface area contributed by atoms with Gasteiger partial charge in [-0.3, -0.25) is 5.32 Å². The quantitative estimate of drug-likeness (QED) is 0.206. The van der Waals surface area contributed by atoms with E-state index in [1.165, 1.54) is 17.0 Å². The largest absolute Gasteiger partial charge is 0.444 e. The number of nitrogens with one attached hydrogen (secondary N) is 1. The monoisotopic (exact) mass is 526 g/mol. The highest BCUT2D eigenvalue weighted by molar-refractivity contribution is 5.89. The van der Waals surface area contributed by atoms with E-state index in [0.717, 1.165) is 37.2 Å². The Morgan fingerprint density at radius 2 is 1.68 bits per heavy atom. The number of nitrogens with zero attached hydrogens (tertiary/aromatic N) is 3. The maximum atomic E-state index is 12.0. The summed E-state index contributed by atoms with van der Waals surface area (Å²) >= 11 is 0. The van der Waals surface area contributed by atoms with Crippen molar-refractivity contribution >= 4 is 23.2 Å². The van der Waals surface area contributed by atoms with Gasteiger partial charge in [0.25, 0.3) is 0 Å². The Labute approximate surface area is 233 Å². The number of rotatable bonds is 13. The Kier molecular flexibility index (Phi) is 13.8. The van der Waals surface area contributed by atoms with Gasteiger partial charge in [-0.1, -0.05) is 59.2 Å². The summed E-state index contributed by atoms with van der Waals surface area (Å²) in [5, 5.41) is 11.8. The van der Waals surface area contributed by atoms with E-state index >= 15 is 0 Å². The molecule has 1 amide bonds. The van der Waals surface area contributed by atoms with E-state index in [1.807, 2.05) is 46.8 Å². The summed E-state index contributed by atoms with van der Waals surface area (Å²) in [6.07, 6.45) is 5.01. The Morgan fingerprint density at radius 1 is 1.08 bits per heavy atom. The number of ether oxygens (including phenoxy) is 1. The first-order valence-corrected chi connectivity index (χ1v) is 14.2. The van der Waals surface area contributed by atoms with Crippen LogP contribution in [0.25, 0.3) is 0 Å². The SMILES string of the molecule is CC=C(CC(CC)C(C)C(=NN=C(C)C)C(C)C)N(C)CCC(C)c1ccc(NC(=O)OC(C)(C)C)cc1. The van der Waals surface area contributed by atoms with Gasteiger partial charge in [0.1, 0.15) is 5.60 Å². The van der Waals surface area contributed by atoms with Crippen LogP contribution in [0.15, 0.2) is 46.2 Å². The highest BCUT2D eigenvalue weighted by Crippen LogP contribution is 2.29. The van der Waals surface area contributed by atoms with E-state index in [9.17, 15) is 4.79 Å². The number of benzene rings is 1. The summed E-state index contributed by atoms with van der Waals surface area (Å²) in [7, 11) is 2.20. The van der Waals surface area contributed by atoms with Crippen molar-refractivity contribution in [1.29, 1.82) is 0 Å². The predicted molar refractivity (Wildman–Crippen MR) is 164 cm³/mol. The lowest BCUT2D eigenvalue weighted by atomic mass is 9.80. The molecule has 0 heterocycles.